The predicted octanol–water partition coefficient (Wildman–Crippen LogP) is 4.71. The minimum Gasteiger partial charge on any atom is -0.224 e. The molecule has 0 atom stereocenters. The fraction of sp³-hybridized carbons (Fsp3) is 0.529. The molecule has 20 heavy (non-hydrogen) atoms. The van der Waals surface area contributed by atoms with E-state index < -0.39 is 9.84 Å². The summed E-state index contributed by atoms with van der Waals surface area (Å²) in [7, 11) is -3.18. The van der Waals surface area contributed by atoms with Crippen LogP contribution in [0.1, 0.15) is 52.0 Å². The van der Waals surface area contributed by atoms with Crippen LogP contribution in [-0.2, 0) is 9.84 Å². The van der Waals surface area contributed by atoms with Crippen molar-refractivity contribution in [3.63, 3.8) is 0 Å². The van der Waals surface area contributed by atoms with Gasteiger partial charge in [-0.3, -0.25) is 0 Å². The molecule has 0 N–H and O–H groups in total. The van der Waals surface area contributed by atoms with E-state index in [1.165, 1.54) is 0 Å². The first kappa shape index (κ1) is 17.0. The molecule has 0 aromatic heterocycles. The normalized spacial score (nSPS) is 12.4. The second kappa shape index (κ2) is 8.25. The molecule has 1 aromatic rings. The van der Waals surface area contributed by atoms with Crippen molar-refractivity contribution in [3.05, 3.63) is 35.9 Å². The lowest BCUT2D eigenvalue weighted by molar-refractivity contribution is 0.473. The summed E-state index contributed by atoms with van der Waals surface area (Å²) < 4.78 is 25.0. The van der Waals surface area contributed by atoms with Crippen LogP contribution >= 0.6 is 0 Å². The smallest absolute Gasteiger partial charge is 0.178 e. The average Bonchev–Trinajstić information content (AvgIpc) is 2.39. The van der Waals surface area contributed by atoms with Gasteiger partial charge in [0, 0.05) is 0 Å². The highest BCUT2D eigenvalue weighted by atomic mass is 32.2. The van der Waals surface area contributed by atoms with Crippen LogP contribution in [-0.4, -0.2) is 14.2 Å². The van der Waals surface area contributed by atoms with E-state index in [4.69, 9.17) is 0 Å². The Morgan fingerprint density at radius 3 is 2.35 bits per heavy atom. The Morgan fingerprint density at radius 2 is 1.80 bits per heavy atom. The van der Waals surface area contributed by atoms with E-state index in [1.807, 2.05) is 31.2 Å². The summed E-state index contributed by atoms with van der Waals surface area (Å²) in [5.41, 5.74) is 0.941. The van der Waals surface area contributed by atoms with E-state index in [2.05, 4.69) is 13.8 Å². The van der Waals surface area contributed by atoms with Crippen molar-refractivity contribution >= 4 is 15.9 Å². The van der Waals surface area contributed by atoms with Crippen molar-refractivity contribution in [1.29, 1.82) is 0 Å². The van der Waals surface area contributed by atoms with Gasteiger partial charge < -0.3 is 0 Å². The van der Waals surface area contributed by atoms with Crippen LogP contribution in [0.2, 0.25) is 0 Å². The van der Waals surface area contributed by atoms with Gasteiger partial charge in [0.25, 0.3) is 0 Å². The SMILES string of the molecule is C/C=C/c1cccc(S(=O)(=O)CC(CCC)CCC)c1. The monoisotopic (exact) mass is 294 g/mol. The first-order valence-corrected chi connectivity index (χ1v) is 9.14. The third-order valence-electron chi connectivity index (χ3n) is 3.43. The minimum atomic E-state index is -3.18. The van der Waals surface area contributed by atoms with Crippen molar-refractivity contribution in [2.45, 2.75) is 51.3 Å². The highest BCUT2D eigenvalue weighted by molar-refractivity contribution is 7.91. The summed E-state index contributed by atoms with van der Waals surface area (Å²) >= 11 is 0. The van der Waals surface area contributed by atoms with E-state index in [0.717, 1.165) is 31.2 Å². The molecule has 0 aliphatic carbocycles. The molecule has 0 fully saturated rings. The zero-order chi connectivity index (χ0) is 15.0. The van der Waals surface area contributed by atoms with Gasteiger partial charge in [-0.25, -0.2) is 8.42 Å². The zero-order valence-corrected chi connectivity index (χ0v) is 13.6. The second-order valence-electron chi connectivity index (χ2n) is 5.30. The van der Waals surface area contributed by atoms with Gasteiger partial charge in [-0.05, 0) is 43.4 Å². The number of rotatable bonds is 8. The van der Waals surface area contributed by atoms with Gasteiger partial charge in [0.1, 0.15) is 0 Å². The van der Waals surface area contributed by atoms with Crippen LogP contribution in [0.5, 0.6) is 0 Å². The molecule has 0 saturated heterocycles. The van der Waals surface area contributed by atoms with Gasteiger partial charge >= 0.3 is 0 Å². The average molecular weight is 294 g/mol. The molecule has 0 heterocycles. The Balaban J connectivity index is 2.94. The molecule has 2 nitrogen and oxygen atoms in total. The Labute approximate surface area is 123 Å². The van der Waals surface area contributed by atoms with Crippen LogP contribution < -0.4 is 0 Å². The van der Waals surface area contributed by atoms with Crippen LogP contribution in [0.4, 0.5) is 0 Å². The zero-order valence-electron chi connectivity index (χ0n) is 12.8. The molecule has 0 radical (unpaired) electrons. The van der Waals surface area contributed by atoms with E-state index in [0.29, 0.717) is 4.90 Å². The summed E-state index contributed by atoms with van der Waals surface area (Å²) in [5, 5.41) is 0. The van der Waals surface area contributed by atoms with Crippen molar-refractivity contribution in [2.24, 2.45) is 5.92 Å². The third kappa shape index (κ3) is 5.12. The molecule has 0 aliphatic rings. The Bertz CT molecular complexity index is 524. The third-order valence-corrected chi connectivity index (χ3v) is 5.31. The number of hydrogen-bond donors (Lipinski definition) is 0. The van der Waals surface area contributed by atoms with Gasteiger partial charge in [0.2, 0.25) is 0 Å². The van der Waals surface area contributed by atoms with Crippen molar-refractivity contribution < 1.29 is 8.42 Å². The standard InChI is InChI=1S/C17H26O2S/c1-4-8-15-11-7-12-17(13-15)20(18,19)14-16(9-5-2)10-6-3/h4,7-8,11-13,16H,5-6,9-10,14H2,1-3H3/b8-4+. The lowest BCUT2D eigenvalue weighted by Gasteiger charge is -2.15. The molecule has 0 saturated carbocycles. The number of benzene rings is 1. The maximum absolute atomic E-state index is 12.5. The molecular formula is C17H26O2S. The fourth-order valence-corrected chi connectivity index (χ4v) is 4.29. The van der Waals surface area contributed by atoms with E-state index in [9.17, 15) is 8.42 Å². The minimum absolute atomic E-state index is 0.272. The lowest BCUT2D eigenvalue weighted by Crippen LogP contribution is -2.16. The highest BCUT2D eigenvalue weighted by Gasteiger charge is 2.20. The van der Waals surface area contributed by atoms with Crippen LogP contribution in [0.15, 0.2) is 35.2 Å². The maximum atomic E-state index is 12.5. The molecule has 1 aromatic carbocycles. The van der Waals surface area contributed by atoms with Crippen molar-refractivity contribution in [1.82, 2.24) is 0 Å². The fourth-order valence-electron chi connectivity index (χ4n) is 2.54. The first-order valence-electron chi connectivity index (χ1n) is 7.49. The van der Waals surface area contributed by atoms with Crippen LogP contribution in [0, 0.1) is 5.92 Å². The van der Waals surface area contributed by atoms with E-state index in [1.54, 1.807) is 12.1 Å². The van der Waals surface area contributed by atoms with E-state index >= 15 is 0 Å². The lowest BCUT2D eigenvalue weighted by atomic mass is 10.0. The summed E-state index contributed by atoms with van der Waals surface area (Å²) in [5.74, 6) is 0.550. The second-order valence-corrected chi connectivity index (χ2v) is 7.33. The first-order chi connectivity index (χ1) is 9.53. The summed E-state index contributed by atoms with van der Waals surface area (Å²) in [6.45, 7) is 6.16. The Kier molecular flexibility index (Phi) is 7.00. The summed E-state index contributed by atoms with van der Waals surface area (Å²) in [6.07, 6.45) is 7.90. The molecular weight excluding hydrogens is 268 g/mol. The summed E-state index contributed by atoms with van der Waals surface area (Å²) in [4.78, 5) is 0.449. The Hall–Kier alpha value is -1.09. The van der Waals surface area contributed by atoms with Gasteiger partial charge in [0.15, 0.2) is 9.84 Å². The Morgan fingerprint density at radius 1 is 1.15 bits per heavy atom. The largest absolute Gasteiger partial charge is 0.224 e. The molecule has 3 heteroatoms. The number of hydrogen-bond acceptors (Lipinski definition) is 2. The topological polar surface area (TPSA) is 34.1 Å². The molecule has 0 unspecified atom stereocenters. The highest BCUT2D eigenvalue weighted by Crippen LogP contribution is 2.21. The van der Waals surface area contributed by atoms with Gasteiger partial charge in [-0.15, -0.1) is 0 Å². The van der Waals surface area contributed by atoms with Crippen molar-refractivity contribution in [2.75, 3.05) is 5.75 Å². The van der Waals surface area contributed by atoms with E-state index in [-0.39, 0.29) is 11.7 Å². The van der Waals surface area contributed by atoms with Crippen LogP contribution in [0.3, 0.4) is 0 Å². The molecule has 1 rings (SSSR count). The molecule has 112 valence electrons. The predicted molar refractivity (Wildman–Crippen MR) is 86.5 cm³/mol. The van der Waals surface area contributed by atoms with Gasteiger partial charge in [-0.1, -0.05) is 51.0 Å². The van der Waals surface area contributed by atoms with Crippen LogP contribution in [0.25, 0.3) is 6.08 Å². The number of allylic oxidation sites excluding steroid dienone is 1. The van der Waals surface area contributed by atoms with Gasteiger partial charge in [-0.2, -0.15) is 0 Å². The molecule has 0 amide bonds. The molecule has 0 aliphatic heterocycles. The quantitative estimate of drug-likeness (QED) is 0.696. The molecule has 0 bridgehead atoms. The molecule has 0 spiro atoms. The summed E-state index contributed by atoms with van der Waals surface area (Å²) in [6, 6.07) is 7.22. The van der Waals surface area contributed by atoms with Gasteiger partial charge in [0.05, 0.1) is 10.6 Å². The van der Waals surface area contributed by atoms with Crippen molar-refractivity contribution in [3.8, 4) is 0 Å². The maximum Gasteiger partial charge on any atom is 0.178 e. The number of sulfone groups is 1.